The molecule has 0 spiro atoms. The molecule has 0 bridgehead atoms. The maximum Gasteiger partial charge on any atom is 0.204 e. The highest BCUT2D eigenvalue weighted by Crippen LogP contribution is 2.41. The molecule has 8 nitrogen and oxygen atoms in total. The predicted octanol–water partition coefficient (Wildman–Crippen LogP) is 7.12. The normalized spacial score (nSPS) is 11.4. The largest absolute Gasteiger partial charge is 0.507 e. The number of phenolic OH excluding ortho intramolecular Hbond substituents is 1. The van der Waals surface area contributed by atoms with E-state index in [1.165, 1.54) is 0 Å². The van der Waals surface area contributed by atoms with E-state index in [0.717, 1.165) is 49.9 Å². The summed E-state index contributed by atoms with van der Waals surface area (Å²) in [5.74, 6) is 1.46. The van der Waals surface area contributed by atoms with Crippen LogP contribution in [0.4, 0.5) is 0 Å². The minimum Gasteiger partial charge on any atom is -0.507 e. The molecule has 0 aliphatic heterocycles. The molecule has 1 heterocycles. The minimum atomic E-state index is -0.303. The standard InChI is InChI=1S/C36H52N2O6/c1-24(2)14-16-26-28(42-20-12-10-18-37(5)6)22-30-33(34(26)39)35(40)32-27(17-15-25(3)4)36(41-9)31(23-29(32)44-30)43-21-13-11-19-38(7)8/h14-15,22-23,39H,10-13,16-21H2,1-9H3. The number of unbranched alkanes of at least 4 members (excludes halogenated alkanes) is 2. The van der Waals surface area contributed by atoms with Gasteiger partial charge in [0.2, 0.25) is 5.43 Å². The summed E-state index contributed by atoms with van der Waals surface area (Å²) in [7, 11) is 9.80. The van der Waals surface area contributed by atoms with Crippen molar-refractivity contribution in [3.05, 3.63) is 56.8 Å². The first-order valence-electron chi connectivity index (χ1n) is 15.6. The van der Waals surface area contributed by atoms with Crippen molar-refractivity contribution in [2.75, 3.05) is 61.6 Å². The Bertz CT molecular complexity index is 1530. The van der Waals surface area contributed by atoms with Gasteiger partial charge in [-0.15, -0.1) is 0 Å². The summed E-state index contributed by atoms with van der Waals surface area (Å²) in [4.78, 5) is 18.6. The fraction of sp³-hybridized carbons (Fsp3) is 0.528. The van der Waals surface area contributed by atoms with Crippen molar-refractivity contribution in [1.29, 1.82) is 0 Å². The van der Waals surface area contributed by atoms with Crippen LogP contribution in [0.1, 0.15) is 64.5 Å². The third-order valence-electron chi connectivity index (χ3n) is 7.46. The van der Waals surface area contributed by atoms with Gasteiger partial charge >= 0.3 is 0 Å². The van der Waals surface area contributed by atoms with Gasteiger partial charge < -0.3 is 33.5 Å². The van der Waals surface area contributed by atoms with Gasteiger partial charge in [-0.25, -0.2) is 0 Å². The van der Waals surface area contributed by atoms with Gasteiger partial charge in [0, 0.05) is 23.3 Å². The summed E-state index contributed by atoms with van der Waals surface area (Å²) in [6.07, 6.45) is 8.69. The Labute approximate surface area is 262 Å². The summed E-state index contributed by atoms with van der Waals surface area (Å²) < 4.78 is 24.7. The van der Waals surface area contributed by atoms with Crippen molar-refractivity contribution >= 4 is 21.9 Å². The molecule has 1 aromatic heterocycles. The summed E-state index contributed by atoms with van der Waals surface area (Å²) >= 11 is 0. The second-order valence-electron chi connectivity index (χ2n) is 12.5. The minimum absolute atomic E-state index is 0.104. The Balaban J connectivity index is 2.20. The molecule has 0 saturated heterocycles. The zero-order chi connectivity index (χ0) is 32.4. The van der Waals surface area contributed by atoms with Gasteiger partial charge in [0.05, 0.1) is 25.7 Å². The molecule has 0 radical (unpaired) electrons. The number of rotatable bonds is 17. The molecular weight excluding hydrogens is 556 g/mol. The van der Waals surface area contributed by atoms with E-state index in [-0.39, 0.29) is 22.1 Å². The number of hydrogen-bond donors (Lipinski definition) is 1. The molecule has 2 aromatic carbocycles. The van der Waals surface area contributed by atoms with Crippen molar-refractivity contribution in [3.8, 4) is 23.0 Å². The SMILES string of the molecule is COc1c(OCCCCN(C)C)cc2oc3cc(OCCCCN(C)C)c(CC=C(C)C)c(O)c3c(=O)c2c1CC=C(C)C. The monoisotopic (exact) mass is 608 g/mol. The number of hydrogen-bond acceptors (Lipinski definition) is 8. The van der Waals surface area contributed by atoms with Crippen molar-refractivity contribution in [1.82, 2.24) is 9.80 Å². The lowest BCUT2D eigenvalue weighted by molar-refractivity contribution is 0.276. The van der Waals surface area contributed by atoms with E-state index >= 15 is 0 Å². The Morgan fingerprint density at radius 3 is 1.80 bits per heavy atom. The van der Waals surface area contributed by atoms with Crippen molar-refractivity contribution in [2.24, 2.45) is 0 Å². The molecule has 3 rings (SSSR count). The van der Waals surface area contributed by atoms with Gasteiger partial charge in [-0.1, -0.05) is 23.3 Å². The van der Waals surface area contributed by atoms with E-state index in [1.54, 1.807) is 19.2 Å². The number of methoxy groups -OCH3 is 1. The molecule has 8 heteroatoms. The molecule has 1 N–H and O–H groups in total. The third-order valence-corrected chi connectivity index (χ3v) is 7.46. The Kier molecular flexibility index (Phi) is 13.2. The molecule has 44 heavy (non-hydrogen) atoms. The average Bonchev–Trinajstić information content (AvgIpc) is 2.94. The number of nitrogens with zero attached hydrogens (tertiary/aromatic N) is 2. The van der Waals surface area contributed by atoms with Crippen LogP contribution in [0.5, 0.6) is 23.0 Å². The first-order valence-corrected chi connectivity index (χ1v) is 15.6. The number of ether oxygens (including phenoxy) is 3. The summed E-state index contributed by atoms with van der Waals surface area (Å²) in [6, 6.07) is 3.49. The molecule has 242 valence electrons. The first kappa shape index (κ1) is 35.0. The van der Waals surface area contributed by atoms with Crippen LogP contribution >= 0.6 is 0 Å². The zero-order valence-corrected chi connectivity index (χ0v) is 28.3. The van der Waals surface area contributed by atoms with Gasteiger partial charge in [0.25, 0.3) is 0 Å². The van der Waals surface area contributed by atoms with Gasteiger partial charge in [0.1, 0.15) is 28.1 Å². The second kappa shape index (κ2) is 16.5. The van der Waals surface area contributed by atoms with Crippen LogP contribution in [0.25, 0.3) is 21.9 Å². The molecule has 0 unspecified atom stereocenters. The molecular formula is C36H52N2O6. The Morgan fingerprint density at radius 1 is 0.773 bits per heavy atom. The Morgan fingerprint density at radius 2 is 1.27 bits per heavy atom. The second-order valence-corrected chi connectivity index (χ2v) is 12.5. The van der Waals surface area contributed by atoms with E-state index in [2.05, 4.69) is 44.1 Å². The van der Waals surface area contributed by atoms with Crippen molar-refractivity contribution in [3.63, 3.8) is 0 Å². The lowest BCUT2D eigenvalue weighted by atomic mass is 9.98. The van der Waals surface area contributed by atoms with Crippen LogP contribution in [0.2, 0.25) is 0 Å². The van der Waals surface area contributed by atoms with Crippen LogP contribution in [-0.2, 0) is 12.8 Å². The highest BCUT2D eigenvalue weighted by Gasteiger charge is 2.24. The number of allylic oxidation sites excluding steroid dienone is 4. The van der Waals surface area contributed by atoms with E-state index < -0.39 is 0 Å². The zero-order valence-electron chi connectivity index (χ0n) is 28.3. The Hall–Kier alpha value is -3.49. The van der Waals surface area contributed by atoms with Crippen LogP contribution < -0.4 is 19.6 Å². The first-order chi connectivity index (χ1) is 20.9. The smallest absolute Gasteiger partial charge is 0.204 e. The summed E-state index contributed by atoms with van der Waals surface area (Å²) in [5, 5.41) is 12.1. The fourth-order valence-corrected chi connectivity index (χ4v) is 5.09. The van der Waals surface area contributed by atoms with Crippen LogP contribution in [-0.4, -0.2) is 76.5 Å². The maximum atomic E-state index is 14.3. The van der Waals surface area contributed by atoms with Crippen molar-refractivity contribution < 1.29 is 23.7 Å². The van der Waals surface area contributed by atoms with Gasteiger partial charge in [0.15, 0.2) is 11.5 Å². The molecule has 0 fully saturated rings. The molecule has 0 saturated carbocycles. The quantitative estimate of drug-likeness (QED) is 0.0985. The molecule has 0 atom stereocenters. The highest BCUT2D eigenvalue weighted by molar-refractivity contribution is 5.98. The number of fused-ring (bicyclic) bond motifs is 2. The van der Waals surface area contributed by atoms with E-state index in [9.17, 15) is 9.90 Å². The van der Waals surface area contributed by atoms with Gasteiger partial charge in [-0.2, -0.15) is 0 Å². The lowest BCUT2D eigenvalue weighted by Crippen LogP contribution is -2.14. The van der Waals surface area contributed by atoms with E-state index in [1.807, 2.05) is 33.8 Å². The lowest BCUT2D eigenvalue weighted by Gasteiger charge is -2.18. The molecule has 0 aliphatic rings. The predicted molar refractivity (Wildman–Crippen MR) is 181 cm³/mol. The number of aromatic hydroxyl groups is 1. The van der Waals surface area contributed by atoms with Crippen LogP contribution in [0, 0.1) is 0 Å². The van der Waals surface area contributed by atoms with Crippen molar-refractivity contribution in [2.45, 2.75) is 66.2 Å². The molecule has 0 amide bonds. The topological polar surface area (TPSA) is 84.6 Å². The summed E-state index contributed by atoms with van der Waals surface area (Å²) in [6.45, 7) is 11.0. The third kappa shape index (κ3) is 9.26. The fourth-order valence-electron chi connectivity index (χ4n) is 5.09. The highest BCUT2D eigenvalue weighted by atomic mass is 16.5. The van der Waals surface area contributed by atoms with E-state index in [0.29, 0.717) is 65.4 Å². The number of phenols is 1. The molecule has 3 aromatic rings. The maximum absolute atomic E-state index is 14.3. The van der Waals surface area contributed by atoms with Gasteiger partial charge in [-0.3, -0.25) is 4.79 Å². The van der Waals surface area contributed by atoms with Gasteiger partial charge in [-0.05, 0) is 108 Å². The van der Waals surface area contributed by atoms with Crippen LogP contribution in [0.15, 0.2) is 44.6 Å². The molecule has 0 aliphatic carbocycles. The average molecular weight is 609 g/mol. The summed E-state index contributed by atoms with van der Waals surface area (Å²) in [5.41, 5.74) is 3.83. The number of benzene rings is 2. The van der Waals surface area contributed by atoms with E-state index in [4.69, 9.17) is 18.6 Å². The van der Waals surface area contributed by atoms with Crippen LogP contribution in [0.3, 0.4) is 0 Å².